The van der Waals surface area contributed by atoms with Crippen LogP contribution in [-0.4, -0.2) is 19.3 Å². The predicted octanol–water partition coefficient (Wildman–Crippen LogP) is 2.95. The Kier molecular flexibility index (Phi) is 2.33. The lowest BCUT2D eigenvalue weighted by Gasteiger charge is -2.22. The molecule has 1 aliphatic heterocycles. The fraction of sp³-hybridized carbons (Fsp3) is 0.500. The minimum absolute atomic E-state index is 0.0948. The summed E-state index contributed by atoms with van der Waals surface area (Å²) < 4.78 is 19.1. The van der Waals surface area contributed by atoms with Crippen molar-refractivity contribution in [2.75, 3.05) is 19.0 Å². The summed E-state index contributed by atoms with van der Waals surface area (Å²) in [7, 11) is 1.62. The highest BCUT2D eigenvalue weighted by atomic mass is 19.1. The van der Waals surface area contributed by atoms with Gasteiger partial charge < -0.3 is 10.1 Å². The number of rotatable bonds is 2. The van der Waals surface area contributed by atoms with E-state index < -0.39 is 5.67 Å². The van der Waals surface area contributed by atoms with Crippen LogP contribution in [0.3, 0.4) is 0 Å². The van der Waals surface area contributed by atoms with Crippen LogP contribution in [-0.2, 0) is 0 Å². The van der Waals surface area contributed by atoms with E-state index in [0.29, 0.717) is 6.54 Å². The molecule has 0 spiro atoms. The van der Waals surface area contributed by atoms with Crippen LogP contribution >= 0.6 is 0 Å². The van der Waals surface area contributed by atoms with Gasteiger partial charge in [0.1, 0.15) is 11.4 Å². The Morgan fingerprint density at radius 3 is 2.80 bits per heavy atom. The topological polar surface area (TPSA) is 21.3 Å². The highest BCUT2D eigenvalue weighted by molar-refractivity contribution is 5.60. The average Bonchev–Trinajstić information content (AvgIpc) is 2.59. The van der Waals surface area contributed by atoms with Gasteiger partial charge >= 0.3 is 0 Å². The molecule has 0 radical (unpaired) electrons. The van der Waals surface area contributed by atoms with Crippen LogP contribution in [0.25, 0.3) is 0 Å². The molecule has 1 aromatic carbocycles. The molecule has 0 aromatic heterocycles. The van der Waals surface area contributed by atoms with Crippen LogP contribution in [0.15, 0.2) is 18.2 Å². The number of benzene rings is 1. The molecule has 1 aliphatic rings. The summed E-state index contributed by atoms with van der Waals surface area (Å²) in [4.78, 5) is 0. The molecule has 0 amide bonds. The van der Waals surface area contributed by atoms with Gasteiger partial charge in [0.15, 0.2) is 0 Å². The quantitative estimate of drug-likeness (QED) is 0.808. The molecule has 0 saturated heterocycles. The molecule has 1 heterocycles. The van der Waals surface area contributed by atoms with Crippen molar-refractivity contribution in [1.82, 2.24) is 0 Å². The fourth-order valence-corrected chi connectivity index (χ4v) is 2.05. The second kappa shape index (κ2) is 3.40. The van der Waals surface area contributed by atoms with Gasteiger partial charge in [-0.3, -0.25) is 0 Å². The van der Waals surface area contributed by atoms with Gasteiger partial charge in [0.05, 0.1) is 7.11 Å². The molecule has 3 heteroatoms. The molecule has 1 N–H and O–H groups in total. The Hall–Kier alpha value is -1.25. The maximum absolute atomic E-state index is 13.9. The van der Waals surface area contributed by atoms with Gasteiger partial charge in [-0.25, -0.2) is 4.39 Å². The van der Waals surface area contributed by atoms with Crippen LogP contribution in [0, 0.1) is 0 Å². The van der Waals surface area contributed by atoms with E-state index in [4.69, 9.17) is 4.74 Å². The van der Waals surface area contributed by atoms with Gasteiger partial charge in [-0.1, -0.05) is 0 Å². The number of hydrogen-bond acceptors (Lipinski definition) is 2. The van der Waals surface area contributed by atoms with Crippen LogP contribution < -0.4 is 10.1 Å². The number of hydrogen-bond donors (Lipinski definition) is 1. The van der Waals surface area contributed by atoms with Crippen molar-refractivity contribution in [2.24, 2.45) is 0 Å². The van der Waals surface area contributed by atoms with Gasteiger partial charge in [-0.2, -0.15) is 0 Å². The van der Waals surface area contributed by atoms with E-state index in [0.717, 1.165) is 17.0 Å². The van der Waals surface area contributed by atoms with Crippen molar-refractivity contribution in [3.8, 4) is 5.75 Å². The summed E-state index contributed by atoms with van der Waals surface area (Å²) >= 11 is 0. The van der Waals surface area contributed by atoms with E-state index in [1.807, 2.05) is 18.2 Å². The van der Waals surface area contributed by atoms with Crippen LogP contribution in [0.2, 0.25) is 0 Å². The standard InChI is InChI=1S/C12H16FNO/c1-12(2,13)10-7-14-11-5-4-8(15-3)6-9(10)11/h4-6,10,14H,7H2,1-3H3. The molecule has 2 rings (SSSR count). The summed E-state index contributed by atoms with van der Waals surface area (Å²) in [6.07, 6.45) is 0. The zero-order chi connectivity index (χ0) is 11.1. The second-order valence-corrected chi connectivity index (χ2v) is 4.45. The van der Waals surface area contributed by atoms with Gasteiger partial charge in [-0.05, 0) is 37.6 Å². The summed E-state index contributed by atoms with van der Waals surface area (Å²) in [5, 5.41) is 3.21. The molecule has 0 fully saturated rings. The lowest BCUT2D eigenvalue weighted by atomic mass is 9.88. The largest absolute Gasteiger partial charge is 0.497 e. The zero-order valence-corrected chi connectivity index (χ0v) is 9.30. The fourth-order valence-electron chi connectivity index (χ4n) is 2.05. The maximum atomic E-state index is 13.9. The van der Waals surface area contributed by atoms with Gasteiger partial charge in [-0.15, -0.1) is 0 Å². The molecule has 0 bridgehead atoms. The van der Waals surface area contributed by atoms with Crippen molar-refractivity contribution in [2.45, 2.75) is 25.4 Å². The number of ether oxygens (including phenoxy) is 1. The first-order valence-corrected chi connectivity index (χ1v) is 5.13. The van der Waals surface area contributed by atoms with Crippen molar-refractivity contribution < 1.29 is 9.13 Å². The molecular formula is C12H16FNO. The zero-order valence-electron chi connectivity index (χ0n) is 9.30. The second-order valence-electron chi connectivity index (χ2n) is 4.45. The van der Waals surface area contributed by atoms with Crippen molar-refractivity contribution in [3.05, 3.63) is 23.8 Å². The van der Waals surface area contributed by atoms with E-state index in [9.17, 15) is 4.39 Å². The highest BCUT2D eigenvalue weighted by Gasteiger charge is 2.35. The van der Waals surface area contributed by atoms with Crippen molar-refractivity contribution in [3.63, 3.8) is 0 Å². The summed E-state index contributed by atoms with van der Waals surface area (Å²) in [5.41, 5.74) is 0.832. The van der Waals surface area contributed by atoms with E-state index in [2.05, 4.69) is 5.32 Å². The van der Waals surface area contributed by atoms with Crippen molar-refractivity contribution in [1.29, 1.82) is 0 Å². The van der Waals surface area contributed by atoms with E-state index in [1.165, 1.54) is 0 Å². The van der Waals surface area contributed by atoms with Crippen LogP contribution in [0.1, 0.15) is 25.3 Å². The Morgan fingerprint density at radius 1 is 1.47 bits per heavy atom. The van der Waals surface area contributed by atoms with Crippen LogP contribution in [0.4, 0.5) is 10.1 Å². The molecule has 82 valence electrons. The Balaban J connectivity index is 2.40. The number of fused-ring (bicyclic) bond motifs is 1. The molecule has 15 heavy (non-hydrogen) atoms. The molecule has 0 aliphatic carbocycles. The minimum atomic E-state index is -1.20. The summed E-state index contributed by atoms with van der Waals surface area (Å²) in [5.74, 6) is 0.689. The minimum Gasteiger partial charge on any atom is -0.497 e. The van der Waals surface area contributed by atoms with E-state index >= 15 is 0 Å². The first-order valence-electron chi connectivity index (χ1n) is 5.13. The summed E-state index contributed by atoms with van der Waals surface area (Å²) in [6.45, 7) is 3.90. The number of anilines is 1. The SMILES string of the molecule is COc1ccc2c(c1)C(C(C)(C)F)CN2. The molecule has 2 nitrogen and oxygen atoms in total. The molecule has 1 aromatic rings. The third kappa shape index (κ3) is 1.78. The smallest absolute Gasteiger partial charge is 0.119 e. The lowest BCUT2D eigenvalue weighted by molar-refractivity contribution is 0.180. The monoisotopic (exact) mass is 209 g/mol. The van der Waals surface area contributed by atoms with Gasteiger partial charge in [0.2, 0.25) is 0 Å². The Labute approximate surface area is 89.4 Å². The van der Waals surface area contributed by atoms with E-state index in [-0.39, 0.29) is 5.92 Å². The molecule has 1 unspecified atom stereocenters. The van der Waals surface area contributed by atoms with Crippen LogP contribution in [0.5, 0.6) is 5.75 Å². The molecule has 1 atom stereocenters. The first kappa shape index (κ1) is 10.3. The third-order valence-electron chi connectivity index (χ3n) is 2.96. The van der Waals surface area contributed by atoms with Gasteiger partial charge in [0.25, 0.3) is 0 Å². The van der Waals surface area contributed by atoms with Gasteiger partial charge in [0, 0.05) is 18.2 Å². The average molecular weight is 209 g/mol. The number of alkyl halides is 1. The lowest BCUT2D eigenvalue weighted by Crippen LogP contribution is -2.25. The number of methoxy groups -OCH3 is 1. The highest BCUT2D eigenvalue weighted by Crippen LogP contribution is 2.41. The first-order chi connectivity index (χ1) is 7.02. The van der Waals surface area contributed by atoms with Crippen molar-refractivity contribution >= 4 is 5.69 Å². The maximum Gasteiger partial charge on any atom is 0.119 e. The molecule has 0 saturated carbocycles. The predicted molar refractivity (Wildman–Crippen MR) is 59.4 cm³/mol. The molecular weight excluding hydrogens is 193 g/mol. The number of nitrogens with one attached hydrogen (secondary N) is 1. The Morgan fingerprint density at radius 2 is 2.20 bits per heavy atom. The van der Waals surface area contributed by atoms with E-state index in [1.54, 1.807) is 21.0 Å². The third-order valence-corrected chi connectivity index (χ3v) is 2.96. The normalized spacial score (nSPS) is 19.6. The number of halogens is 1. The Bertz CT molecular complexity index is 370. The summed E-state index contributed by atoms with van der Waals surface area (Å²) in [6, 6.07) is 5.75.